The third-order valence-corrected chi connectivity index (χ3v) is 2.77. The van der Waals surface area contributed by atoms with Gasteiger partial charge in [0.2, 0.25) is 0 Å². The zero-order valence-corrected chi connectivity index (χ0v) is 8.33. The fourth-order valence-corrected chi connectivity index (χ4v) is 1.77. The third-order valence-electron chi connectivity index (χ3n) is 2.77. The number of rotatable bonds is 2. The van der Waals surface area contributed by atoms with Gasteiger partial charge < -0.3 is 5.11 Å². The van der Waals surface area contributed by atoms with Gasteiger partial charge in [-0.2, -0.15) is 0 Å². The van der Waals surface area contributed by atoms with Crippen molar-refractivity contribution in [1.82, 2.24) is 0 Å². The van der Waals surface area contributed by atoms with Gasteiger partial charge in [0.05, 0.1) is 5.92 Å². The van der Waals surface area contributed by atoms with E-state index in [1.54, 1.807) is 19.1 Å². The van der Waals surface area contributed by atoms with E-state index in [1.807, 2.05) is 0 Å². The van der Waals surface area contributed by atoms with Crippen molar-refractivity contribution in [1.29, 1.82) is 0 Å². The average molecular weight is 206 g/mol. The molecule has 1 unspecified atom stereocenters. The van der Waals surface area contributed by atoms with Gasteiger partial charge in [-0.3, -0.25) is 4.79 Å². The Bertz CT molecular complexity index is 449. The highest BCUT2D eigenvalue weighted by atomic mass is 19.1. The van der Waals surface area contributed by atoms with Gasteiger partial charge >= 0.3 is 5.97 Å². The summed E-state index contributed by atoms with van der Waals surface area (Å²) in [5.74, 6) is -1.62. The first-order valence-electron chi connectivity index (χ1n) is 4.79. The minimum absolute atomic E-state index is 0.283. The van der Waals surface area contributed by atoms with E-state index in [0.717, 1.165) is 16.7 Å². The van der Waals surface area contributed by atoms with Gasteiger partial charge in [-0.1, -0.05) is 17.7 Å². The van der Waals surface area contributed by atoms with E-state index in [2.05, 4.69) is 0 Å². The first-order chi connectivity index (χ1) is 7.08. The molecule has 2 rings (SSSR count). The van der Waals surface area contributed by atoms with Crippen LogP contribution in [0, 0.1) is 11.7 Å². The molecule has 1 aromatic carbocycles. The number of fused-ring (bicyclic) bond motifs is 1. The number of carboxylic acid groups (broad SMARTS) is 1. The predicted molar refractivity (Wildman–Crippen MR) is 54.9 cm³/mol. The van der Waals surface area contributed by atoms with Crippen molar-refractivity contribution < 1.29 is 14.3 Å². The summed E-state index contributed by atoms with van der Waals surface area (Å²) in [5, 5.41) is 8.86. The third kappa shape index (κ3) is 1.77. The van der Waals surface area contributed by atoms with Crippen LogP contribution in [0.25, 0.3) is 6.08 Å². The molecule has 1 aliphatic carbocycles. The molecule has 0 spiro atoms. The Hall–Kier alpha value is -1.64. The van der Waals surface area contributed by atoms with Crippen molar-refractivity contribution in [2.75, 3.05) is 0 Å². The Morgan fingerprint density at radius 1 is 1.53 bits per heavy atom. The largest absolute Gasteiger partial charge is 0.481 e. The van der Waals surface area contributed by atoms with Gasteiger partial charge in [0.25, 0.3) is 0 Å². The van der Waals surface area contributed by atoms with E-state index < -0.39 is 11.9 Å². The summed E-state index contributed by atoms with van der Waals surface area (Å²) < 4.78 is 12.9. The molecule has 3 heteroatoms. The molecule has 0 saturated heterocycles. The number of aliphatic carboxylic acids is 1. The lowest BCUT2D eigenvalue weighted by Crippen LogP contribution is -2.12. The summed E-state index contributed by atoms with van der Waals surface area (Å²) in [5.41, 5.74) is 2.64. The molecule has 0 bridgehead atoms. The van der Waals surface area contributed by atoms with Gasteiger partial charge in [0, 0.05) is 0 Å². The molecule has 1 N–H and O–H groups in total. The summed E-state index contributed by atoms with van der Waals surface area (Å²) in [7, 11) is 0. The van der Waals surface area contributed by atoms with E-state index in [1.165, 1.54) is 12.1 Å². The summed E-state index contributed by atoms with van der Waals surface area (Å²) >= 11 is 0. The Balaban J connectivity index is 2.31. The van der Waals surface area contributed by atoms with E-state index >= 15 is 0 Å². The number of benzene rings is 1. The Kier molecular flexibility index (Phi) is 2.31. The molecule has 1 aliphatic rings. The van der Waals surface area contributed by atoms with Crippen LogP contribution in [0.5, 0.6) is 0 Å². The zero-order valence-electron chi connectivity index (χ0n) is 8.33. The molecule has 15 heavy (non-hydrogen) atoms. The molecule has 1 atom stereocenters. The molecule has 2 nitrogen and oxygen atoms in total. The summed E-state index contributed by atoms with van der Waals surface area (Å²) in [6, 6.07) is 4.56. The maximum absolute atomic E-state index is 12.9. The number of carboxylic acids is 1. The van der Waals surface area contributed by atoms with Crippen molar-refractivity contribution in [3.8, 4) is 0 Å². The minimum atomic E-state index is -0.838. The lowest BCUT2D eigenvalue weighted by atomic mass is 10.00. The molecular formula is C12H11FO2. The van der Waals surface area contributed by atoms with Crippen LogP contribution in [0.2, 0.25) is 0 Å². The van der Waals surface area contributed by atoms with Gasteiger partial charge in [0.1, 0.15) is 5.82 Å². The van der Waals surface area contributed by atoms with Crippen LogP contribution >= 0.6 is 0 Å². The van der Waals surface area contributed by atoms with E-state index in [0.29, 0.717) is 6.42 Å². The minimum Gasteiger partial charge on any atom is -0.481 e. The molecule has 0 saturated carbocycles. The van der Waals surface area contributed by atoms with Crippen LogP contribution in [0.4, 0.5) is 4.39 Å². The highest BCUT2D eigenvalue weighted by Gasteiger charge is 2.22. The molecule has 0 heterocycles. The zero-order chi connectivity index (χ0) is 11.0. The van der Waals surface area contributed by atoms with Gasteiger partial charge in [-0.15, -0.1) is 0 Å². The maximum atomic E-state index is 12.9. The van der Waals surface area contributed by atoms with Crippen molar-refractivity contribution in [2.24, 2.45) is 5.92 Å². The lowest BCUT2D eigenvalue weighted by Gasteiger charge is -2.06. The monoisotopic (exact) mass is 206 g/mol. The number of carbonyl (C=O) groups is 1. The van der Waals surface area contributed by atoms with Crippen LogP contribution in [0.1, 0.15) is 18.1 Å². The summed E-state index contributed by atoms with van der Waals surface area (Å²) in [6.45, 7) is 1.65. The first-order valence-corrected chi connectivity index (χ1v) is 4.79. The second-order valence-corrected chi connectivity index (χ2v) is 3.80. The summed E-state index contributed by atoms with van der Waals surface area (Å²) in [6.07, 6.45) is 2.39. The van der Waals surface area contributed by atoms with E-state index in [-0.39, 0.29) is 5.82 Å². The predicted octanol–water partition coefficient (Wildman–Crippen LogP) is 2.49. The second-order valence-electron chi connectivity index (χ2n) is 3.80. The highest BCUT2D eigenvalue weighted by Crippen LogP contribution is 2.29. The van der Waals surface area contributed by atoms with Crippen molar-refractivity contribution in [3.05, 3.63) is 40.7 Å². The first kappa shape index (κ1) is 9.90. The van der Waals surface area contributed by atoms with Crippen molar-refractivity contribution >= 4 is 12.0 Å². The van der Waals surface area contributed by atoms with Gasteiger partial charge in [-0.25, -0.2) is 4.39 Å². The Morgan fingerprint density at radius 2 is 2.27 bits per heavy atom. The van der Waals surface area contributed by atoms with Crippen LogP contribution in [0.15, 0.2) is 23.8 Å². The molecule has 0 amide bonds. The number of hydrogen-bond acceptors (Lipinski definition) is 1. The van der Waals surface area contributed by atoms with Crippen LogP contribution in [0.3, 0.4) is 0 Å². The van der Waals surface area contributed by atoms with Crippen molar-refractivity contribution in [3.63, 3.8) is 0 Å². The topological polar surface area (TPSA) is 37.3 Å². The lowest BCUT2D eigenvalue weighted by molar-refractivity contribution is -0.139. The Morgan fingerprint density at radius 3 is 2.93 bits per heavy atom. The number of hydrogen-bond donors (Lipinski definition) is 1. The second kappa shape index (κ2) is 3.50. The van der Waals surface area contributed by atoms with Crippen LogP contribution < -0.4 is 0 Å². The Labute approximate surface area is 87.0 Å². The quantitative estimate of drug-likeness (QED) is 0.807. The average Bonchev–Trinajstić information content (AvgIpc) is 2.58. The standard InChI is InChI=1S/C12H11FO2/c1-7(12(14)15)9-4-8-2-3-11(13)6-10(8)5-9/h2-3,5-7H,4H2,1H3,(H,14,15). The molecule has 0 fully saturated rings. The molecule has 1 aromatic rings. The van der Waals surface area contributed by atoms with Crippen LogP contribution in [-0.4, -0.2) is 11.1 Å². The van der Waals surface area contributed by atoms with Gasteiger partial charge in [0.15, 0.2) is 0 Å². The fourth-order valence-electron chi connectivity index (χ4n) is 1.77. The smallest absolute Gasteiger partial charge is 0.310 e. The highest BCUT2D eigenvalue weighted by molar-refractivity contribution is 5.78. The molecule has 0 aromatic heterocycles. The van der Waals surface area contributed by atoms with Crippen LogP contribution in [-0.2, 0) is 11.2 Å². The SMILES string of the molecule is CC(C(=O)O)C1=Cc2cc(F)ccc2C1. The normalized spacial score (nSPS) is 15.7. The maximum Gasteiger partial charge on any atom is 0.310 e. The molecule has 0 aliphatic heterocycles. The van der Waals surface area contributed by atoms with E-state index in [9.17, 15) is 9.18 Å². The summed E-state index contributed by atoms with van der Waals surface area (Å²) in [4.78, 5) is 10.8. The molecular weight excluding hydrogens is 195 g/mol. The van der Waals surface area contributed by atoms with Gasteiger partial charge in [-0.05, 0) is 36.6 Å². The molecule has 78 valence electrons. The van der Waals surface area contributed by atoms with E-state index in [4.69, 9.17) is 5.11 Å². The molecule has 0 radical (unpaired) electrons. The van der Waals surface area contributed by atoms with Crippen molar-refractivity contribution in [2.45, 2.75) is 13.3 Å². The fraction of sp³-hybridized carbons (Fsp3) is 0.250. The number of halogens is 1.